The number of halogens is 1. The molecule has 0 unspecified atom stereocenters. The van der Waals surface area contributed by atoms with E-state index in [0.717, 1.165) is 6.54 Å². The molecule has 4 heteroatoms. The fraction of sp³-hybridized carbons (Fsp3) is 0.700. The lowest BCUT2D eigenvalue weighted by Gasteiger charge is -2.00. The molecule has 0 rings (SSSR count). The largest absolute Gasteiger partial charge is 0.461 e. The number of hydrogen-bond donors (Lipinski definition) is 0. The van der Waals surface area contributed by atoms with Gasteiger partial charge >= 0.3 is 5.97 Å². The van der Waals surface area contributed by atoms with Crippen LogP contribution in [-0.2, 0) is 9.53 Å². The number of hydrogen-bond acceptors (Lipinski definition) is 3. The lowest BCUT2D eigenvalue weighted by Crippen LogP contribution is -2.08. The average molecular weight is 222 g/mol. The number of carbonyl (C=O) groups is 1. The Labute approximate surface area is 91.7 Å². The first-order chi connectivity index (χ1) is 6.45. The molecule has 0 aromatic carbocycles. The maximum Gasteiger partial charge on any atom is 0.333 e. The molecule has 0 heterocycles. The Kier molecular flexibility index (Phi) is 12.0. The molecule has 84 valence electrons. The van der Waals surface area contributed by atoms with Crippen molar-refractivity contribution in [2.24, 2.45) is 0 Å². The van der Waals surface area contributed by atoms with E-state index in [9.17, 15) is 4.79 Å². The van der Waals surface area contributed by atoms with Gasteiger partial charge in [-0.25, -0.2) is 4.79 Å². The van der Waals surface area contributed by atoms with Crippen molar-refractivity contribution in [3.63, 3.8) is 0 Å². The molecule has 0 amide bonds. The van der Waals surface area contributed by atoms with Gasteiger partial charge in [0.05, 0.1) is 5.88 Å². The van der Waals surface area contributed by atoms with Gasteiger partial charge in [-0.15, -0.1) is 11.6 Å². The summed E-state index contributed by atoms with van der Waals surface area (Å²) in [5.41, 5.74) is 0.403. The van der Waals surface area contributed by atoms with Crippen LogP contribution in [0.3, 0.4) is 0 Å². The minimum absolute atomic E-state index is 0.257. The van der Waals surface area contributed by atoms with Crippen LogP contribution in [0.4, 0.5) is 0 Å². The highest BCUT2D eigenvalue weighted by molar-refractivity contribution is 6.18. The number of nitrogens with zero attached hydrogens (tertiary/aromatic N) is 1. The molecular weight excluding hydrogens is 202 g/mol. The third-order valence-electron chi connectivity index (χ3n) is 1.29. The van der Waals surface area contributed by atoms with Crippen molar-refractivity contribution in [2.45, 2.75) is 13.8 Å². The summed E-state index contributed by atoms with van der Waals surface area (Å²) in [7, 11) is 4.11. The summed E-state index contributed by atoms with van der Waals surface area (Å²) in [6.07, 6.45) is 0. The zero-order chi connectivity index (χ0) is 11.6. The summed E-state index contributed by atoms with van der Waals surface area (Å²) >= 11 is 5.24. The Morgan fingerprint density at radius 3 is 2.14 bits per heavy atom. The molecule has 0 radical (unpaired) electrons. The van der Waals surface area contributed by atoms with Gasteiger partial charge in [-0.05, 0) is 27.6 Å². The van der Waals surface area contributed by atoms with Crippen LogP contribution in [0.1, 0.15) is 13.8 Å². The predicted octanol–water partition coefficient (Wildman–Crippen LogP) is 1.91. The van der Waals surface area contributed by atoms with Gasteiger partial charge in [0.1, 0.15) is 6.61 Å². The zero-order valence-corrected chi connectivity index (χ0v) is 10.2. The summed E-state index contributed by atoms with van der Waals surface area (Å²) in [6.45, 7) is 8.51. The van der Waals surface area contributed by atoms with Crippen LogP contribution in [0.5, 0.6) is 0 Å². The highest BCUT2D eigenvalue weighted by Gasteiger charge is 1.99. The Morgan fingerprint density at radius 1 is 1.50 bits per heavy atom. The Hall–Kier alpha value is -0.540. The average Bonchev–Trinajstić information content (AvgIpc) is 2.14. The molecule has 0 aliphatic carbocycles. The quantitative estimate of drug-likeness (QED) is 0.413. The molecule has 0 spiro atoms. The molecule has 0 saturated heterocycles. The van der Waals surface area contributed by atoms with E-state index < -0.39 is 0 Å². The van der Waals surface area contributed by atoms with Gasteiger partial charge in [-0.1, -0.05) is 13.5 Å². The molecule has 0 atom stereocenters. The van der Waals surface area contributed by atoms with Crippen LogP contribution >= 0.6 is 11.6 Å². The third kappa shape index (κ3) is 14.0. The third-order valence-corrected chi connectivity index (χ3v) is 1.45. The Balaban J connectivity index is 0. The van der Waals surface area contributed by atoms with E-state index in [1.165, 1.54) is 0 Å². The maximum atomic E-state index is 10.5. The molecule has 0 aliphatic heterocycles. The second-order valence-electron chi connectivity index (χ2n) is 3.00. The molecule has 0 fully saturated rings. The van der Waals surface area contributed by atoms with Crippen LogP contribution in [0.15, 0.2) is 12.2 Å². The highest BCUT2D eigenvalue weighted by Crippen LogP contribution is 1.91. The van der Waals surface area contributed by atoms with Crippen molar-refractivity contribution in [2.75, 3.05) is 33.1 Å². The maximum absolute atomic E-state index is 10.5. The lowest BCUT2D eigenvalue weighted by atomic mass is 10.4. The number of carbonyl (C=O) groups excluding carboxylic acids is 1. The smallest absolute Gasteiger partial charge is 0.333 e. The normalized spacial score (nSPS) is 9.00. The van der Waals surface area contributed by atoms with Gasteiger partial charge < -0.3 is 9.64 Å². The first-order valence-electron chi connectivity index (χ1n) is 4.49. The molecular formula is C10H20ClNO2. The van der Waals surface area contributed by atoms with E-state index in [-0.39, 0.29) is 12.6 Å². The van der Waals surface area contributed by atoms with Gasteiger partial charge in [0.15, 0.2) is 0 Å². The summed E-state index contributed by atoms with van der Waals surface area (Å²) in [4.78, 5) is 12.6. The molecule has 0 aromatic heterocycles. The standard InChI is InChI=1S/C6H9ClO2.C4H11N/c1-5(2)6(8)9-4-3-7;1-4-5(2)3/h1,3-4H2,2H3;4H2,1-3H3. The first-order valence-corrected chi connectivity index (χ1v) is 5.02. The lowest BCUT2D eigenvalue weighted by molar-refractivity contribution is -0.138. The van der Waals surface area contributed by atoms with E-state index in [1.807, 2.05) is 0 Å². The Bertz CT molecular complexity index is 170. The predicted molar refractivity (Wildman–Crippen MR) is 60.7 cm³/mol. The topological polar surface area (TPSA) is 29.5 Å². The minimum Gasteiger partial charge on any atom is -0.461 e. The molecule has 0 aromatic rings. The van der Waals surface area contributed by atoms with E-state index in [1.54, 1.807) is 6.92 Å². The van der Waals surface area contributed by atoms with Gasteiger partial charge in [0.25, 0.3) is 0 Å². The van der Waals surface area contributed by atoms with Gasteiger partial charge in [-0.3, -0.25) is 0 Å². The number of rotatable bonds is 4. The fourth-order valence-electron chi connectivity index (χ4n) is 0.254. The van der Waals surface area contributed by atoms with Crippen LogP contribution in [-0.4, -0.2) is 44.0 Å². The summed E-state index contributed by atoms with van der Waals surface area (Å²) in [6, 6.07) is 0. The SMILES string of the molecule is C=C(C)C(=O)OCCCl.CCN(C)C. The first kappa shape index (κ1) is 15.9. The van der Waals surface area contributed by atoms with Crippen molar-refractivity contribution in [1.29, 1.82) is 0 Å². The fourth-order valence-corrected chi connectivity index (χ4v) is 0.332. The van der Waals surface area contributed by atoms with Gasteiger partial charge in [-0.2, -0.15) is 0 Å². The van der Waals surface area contributed by atoms with E-state index in [2.05, 4.69) is 37.2 Å². The van der Waals surface area contributed by atoms with E-state index >= 15 is 0 Å². The number of alkyl halides is 1. The molecule has 0 saturated carbocycles. The minimum atomic E-state index is -0.379. The van der Waals surface area contributed by atoms with Crippen molar-refractivity contribution in [3.05, 3.63) is 12.2 Å². The molecule has 0 aliphatic rings. The highest BCUT2D eigenvalue weighted by atomic mass is 35.5. The summed E-state index contributed by atoms with van der Waals surface area (Å²) in [5.74, 6) is -0.0467. The van der Waals surface area contributed by atoms with E-state index in [4.69, 9.17) is 11.6 Å². The number of esters is 1. The second-order valence-corrected chi connectivity index (χ2v) is 3.38. The van der Waals surface area contributed by atoms with Gasteiger partial charge in [0, 0.05) is 5.57 Å². The van der Waals surface area contributed by atoms with Crippen molar-refractivity contribution in [1.82, 2.24) is 4.90 Å². The second kappa shape index (κ2) is 10.5. The summed E-state index contributed by atoms with van der Waals surface area (Å²) < 4.78 is 4.58. The summed E-state index contributed by atoms with van der Waals surface area (Å²) in [5, 5.41) is 0. The molecule has 0 N–H and O–H groups in total. The van der Waals surface area contributed by atoms with Crippen molar-refractivity contribution >= 4 is 17.6 Å². The van der Waals surface area contributed by atoms with Crippen LogP contribution < -0.4 is 0 Å². The monoisotopic (exact) mass is 221 g/mol. The molecule has 0 bridgehead atoms. The number of ether oxygens (including phenoxy) is 1. The zero-order valence-electron chi connectivity index (χ0n) is 9.47. The van der Waals surface area contributed by atoms with E-state index in [0.29, 0.717) is 11.5 Å². The van der Waals surface area contributed by atoms with Crippen LogP contribution in [0, 0.1) is 0 Å². The van der Waals surface area contributed by atoms with Crippen LogP contribution in [0.25, 0.3) is 0 Å². The Morgan fingerprint density at radius 2 is 1.93 bits per heavy atom. The molecule has 14 heavy (non-hydrogen) atoms. The van der Waals surface area contributed by atoms with Crippen molar-refractivity contribution in [3.8, 4) is 0 Å². The van der Waals surface area contributed by atoms with Gasteiger partial charge in [0.2, 0.25) is 0 Å². The molecule has 3 nitrogen and oxygen atoms in total. The van der Waals surface area contributed by atoms with Crippen molar-refractivity contribution < 1.29 is 9.53 Å². The van der Waals surface area contributed by atoms with Crippen LogP contribution in [0.2, 0.25) is 0 Å².